The van der Waals surface area contributed by atoms with E-state index in [0.717, 1.165) is 26.1 Å². The number of nitrogens with two attached hydrogens (primary N) is 1. The number of likely N-dealkylation sites (N-methyl/N-ethyl adjacent to an activating group) is 1. The lowest BCUT2D eigenvalue weighted by atomic mass is 10.2. The molecule has 0 aliphatic carbocycles. The Morgan fingerprint density at radius 2 is 1.92 bits per heavy atom. The fraction of sp³-hybridized carbons (Fsp3) is 1.00. The summed E-state index contributed by atoms with van der Waals surface area (Å²) in [6.45, 7) is 7.65. The molecule has 0 rings (SSSR count). The summed E-state index contributed by atoms with van der Waals surface area (Å²) in [5.41, 5.74) is 5.96. The second kappa shape index (κ2) is 7.90. The highest BCUT2D eigenvalue weighted by Crippen LogP contribution is 2.00. The van der Waals surface area contributed by atoms with Gasteiger partial charge in [0.05, 0.1) is 0 Å². The van der Waals surface area contributed by atoms with Gasteiger partial charge in [0, 0.05) is 12.6 Å². The first kappa shape index (κ1) is 12.3. The SMILES string of the molecule is CCN(CC)C[C@@H](N)CCSC. The molecule has 0 aromatic rings. The van der Waals surface area contributed by atoms with Crippen LogP contribution in [-0.4, -0.2) is 42.6 Å². The molecule has 12 heavy (non-hydrogen) atoms. The van der Waals surface area contributed by atoms with Crippen LogP contribution >= 0.6 is 11.8 Å². The lowest BCUT2D eigenvalue weighted by Crippen LogP contribution is -2.37. The first-order valence-electron chi connectivity index (χ1n) is 4.71. The molecule has 0 aliphatic rings. The predicted molar refractivity (Wildman–Crippen MR) is 58.8 cm³/mol. The van der Waals surface area contributed by atoms with Crippen molar-refractivity contribution >= 4 is 11.8 Å². The van der Waals surface area contributed by atoms with E-state index in [-0.39, 0.29) is 0 Å². The fourth-order valence-corrected chi connectivity index (χ4v) is 1.71. The monoisotopic (exact) mass is 190 g/mol. The summed E-state index contributed by atoms with van der Waals surface area (Å²) in [5.74, 6) is 1.18. The standard InChI is InChI=1S/C9H22N2S/c1-4-11(5-2)8-9(10)6-7-12-3/h9H,4-8,10H2,1-3H3/t9-/m0/s1. The maximum atomic E-state index is 5.96. The van der Waals surface area contributed by atoms with Crippen LogP contribution in [0.4, 0.5) is 0 Å². The van der Waals surface area contributed by atoms with Crippen molar-refractivity contribution in [3.8, 4) is 0 Å². The summed E-state index contributed by atoms with van der Waals surface area (Å²) >= 11 is 1.87. The zero-order chi connectivity index (χ0) is 9.40. The molecule has 0 saturated carbocycles. The summed E-state index contributed by atoms with van der Waals surface area (Å²) in [6.07, 6.45) is 3.27. The Labute approximate surface area is 80.9 Å². The quantitative estimate of drug-likeness (QED) is 0.658. The molecule has 74 valence electrons. The number of hydrogen-bond acceptors (Lipinski definition) is 3. The Kier molecular flexibility index (Phi) is 8.07. The Bertz CT molecular complexity index is 94.5. The number of hydrogen-bond donors (Lipinski definition) is 1. The third-order valence-electron chi connectivity index (χ3n) is 2.08. The Morgan fingerprint density at radius 1 is 1.33 bits per heavy atom. The molecule has 0 spiro atoms. The zero-order valence-electron chi connectivity index (χ0n) is 8.55. The van der Waals surface area contributed by atoms with Crippen molar-refractivity contribution < 1.29 is 0 Å². The topological polar surface area (TPSA) is 29.3 Å². The highest BCUT2D eigenvalue weighted by molar-refractivity contribution is 7.98. The van der Waals surface area contributed by atoms with Gasteiger partial charge in [0.1, 0.15) is 0 Å². The van der Waals surface area contributed by atoms with Crippen molar-refractivity contribution in [2.75, 3.05) is 31.6 Å². The van der Waals surface area contributed by atoms with Crippen molar-refractivity contribution in [3.05, 3.63) is 0 Å². The molecular weight excluding hydrogens is 168 g/mol. The molecule has 0 fully saturated rings. The molecule has 3 heteroatoms. The minimum Gasteiger partial charge on any atom is -0.327 e. The van der Waals surface area contributed by atoms with Crippen LogP contribution < -0.4 is 5.73 Å². The molecule has 1 atom stereocenters. The van der Waals surface area contributed by atoms with Gasteiger partial charge in [-0.1, -0.05) is 13.8 Å². The Hall–Kier alpha value is 0.270. The minimum atomic E-state index is 0.359. The van der Waals surface area contributed by atoms with Gasteiger partial charge < -0.3 is 10.6 Å². The Morgan fingerprint density at radius 3 is 2.33 bits per heavy atom. The van der Waals surface area contributed by atoms with Crippen molar-refractivity contribution in [1.29, 1.82) is 0 Å². The molecule has 0 amide bonds. The molecular formula is C9H22N2S. The molecule has 0 aromatic carbocycles. The summed E-state index contributed by atoms with van der Waals surface area (Å²) in [7, 11) is 0. The van der Waals surface area contributed by atoms with E-state index < -0.39 is 0 Å². The van der Waals surface area contributed by atoms with Crippen molar-refractivity contribution in [1.82, 2.24) is 4.90 Å². The lowest BCUT2D eigenvalue weighted by molar-refractivity contribution is 0.281. The fourth-order valence-electron chi connectivity index (χ4n) is 1.17. The molecule has 0 bridgehead atoms. The van der Waals surface area contributed by atoms with E-state index in [1.807, 2.05) is 11.8 Å². The van der Waals surface area contributed by atoms with Crippen LogP contribution in [0.3, 0.4) is 0 Å². The normalized spacial score (nSPS) is 13.8. The summed E-state index contributed by atoms with van der Waals surface area (Å²) < 4.78 is 0. The summed E-state index contributed by atoms with van der Waals surface area (Å²) in [6, 6.07) is 0.359. The average molecular weight is 190 g/mol. The van der Waals surface area contributed by atoms with E-state index in [0.29, 0.717) is 6.04 Å². The maximum Gasteiger partial charge on any atom is 0.0175 e. The summed E-state index contributed by atoms with van der Waals surface area (Å²) in [5, 5.41) is 0. The van der Waals surface area contributed by atoms with Gasteiger partial charge in [0.2, 0.25) is 0 Å². The molecule has 2 nitrogen and oxygen atoms in total. The van der Waals surface area contributed by atoms with Gasteiger partial charge in [-0.05, 0) is 31.5 Å². The van der Waals surface area contributed by atoms with Crippen LogP contribution in [0, 0.1) is 0 Å². The average Bonchev–Trinajstić information content (AvgIpc) is 2.10. The molecule has 0 aromatic heterocycles. The van der Waals surface area contributed by atoms with Crippen molar-refractivity contribution in [2.24, 2.45) is 5.73 Å². The summed E-state index contributed by atoms with van der Waals surface area (Å²) in [4.78, 5) is 2.38. The van der Waals surface area contributed by atoms with E-state index >= 15 is 0 Å². The smallest absolute Gasteiger partial charge is 0.0175 e. The molecule has 0 aliphatic heterocycles. The van der Waals surface area contributed by atoms with E-state index in [4.69, 9.17) is 5.73 Å². The largest absolute Gasteiger partial charge is 0.327 e. The van der Waals surface area contributed by atoms with Crippen molar-refractivity contribution in [3.63, 3.8) is 0 Å². The number of rotatable bonds is 7. The van der Waals surface area contributed by atoms with Crippen LogP contribution in [0.5, 0.6) is 0 Å². The first-order chi connectivity index (χ1) is 5.74. The van der Waals surface area contributed by atoms with Crippen LogP contribution in [0.1, 0.15) is 20.3 Å². The second-order valence-corrected chi connectivity index (χ2v) is 4.01. The highest BCUT2D eigenvalue weighted by Gasteiger charge is 2.06. The Balaban J connectivity index is 3.44. The third-order valence-corrected chi connectivity index (χ3v) is 2.72. The molecule has 0 radical (unpaired) electrons. The van der Waals surface area contributed by atoms with E-state index in [9.17, 15) is 0 Å². The van der Waals surface area contributed by atoms with Crippen LogP contribution in [0.2, 0.25) is 0 Å². The second-order valence-electron chi connectivity index (χ2n) is 3.03. The van der Waals surface area contributed by atoms with E-state index in [1.165, 1.54) is 5.75 Å². The lowest BCUT2D eigenvalue weighted by Gasteiger charge is -2.22. The highest BCUT2D eigenvalue weighted by atomic mass is 32.2. The molecule has 0 unspecified atom stereocenters. The maximum absolute atomic E-state index is 5.96. The van der Waals surface area contributed by atoms with Gasteiger partial charge in [0.15, 0.2) is 0 Å². The van der Waals surface area contributed by atoms with E-state index in [2.05, 4.69) is 25.0 Å². The van der Waals surface area contributed by atoms with Gasteiger partial charge in [-0.2, -0.15) is 11.8 Å². The minimum absolute atomic E-state index is 0.359. The van der Waals surface area contributed by atoms with Crippen molar-refractivity contribution in [2.45, 2.75) is 26.3 Å². The number of nitrogens with zero attached hydrogens (tertiary/aromatic N) is 1. The van der Waals surface area contributed by atoms with Gasteiger partial charge in [0.25, 0.3) is 0 Å². The van der Waals surface area contributed by atoms with E-state index in [1.54, 1.807) is 0 Å². The predicted octanol–water partition coefficient (Wildman–Crippen LogP) is 1.41. The first-order valence-corrected chi connectivity index (χ1v) is 6.10. The number of thioether (sulfide) groups is 1. The molecule has 0 heterocycles. The van der Waals surface area contributed by atoms with Gasteiger partial charge in [-0.15, -0.1) is 0 Å². The van der Waals surface area contributed by atoms with Crippen LogP contribution in [0.25, 0.3) is 0 Å². The third kappa shape index (κ3) is 5.86. The van der Waals surface area contributed by atoms with Crippen LogP contribution in [-0.2, 0) is 0 Å². The van der Waals surface area contributed by atoms with Gasteiger partial charge in [-0.25, -0.2) is 0 Å². The zero-order valence-corrected chi connectivity index (χ0v) is 9.36. The molecule has 2 N–H and O–H groups in total. The van der Waals surface area contributed by atoms with Gasteiger partial charge >= 0.3 is 0 Å². The van der Waals surface area contributed by atoms with Gasteiger partial charge in [-0.3, -0.25) is 0 Å². The van der Waals surface area contributed by atoms with Crippen LogP contribution in [0.15, 0.2) is 0 Å². The molecule has 0 saturated heterocycles.